The molecule has 2 aromatic heterocycles. The summed E-state index contributed by atoms with van der Waals surface area (Å²) in [5, 5.41) is 10.6. The molecule has 0 saturated heterocycles. The van der Waals surface area contributed by atoms with E-state index in [0.29, 0.717) is 6.42 Å². The van der Waals surface area contributed by atoms with Crippen LogP contribution < -0.4 is 0 Å². The lowest BCUT2D eigenvalue weighted by molar-refractivity contribution is -0.137. The molecule has 5 heteroatoms. The van der Waals surface area contributed by atoms with Gasteiger partial charge in [0, 0.05) is 17.5 Å². The van der Waals surface area contributed by atoms with Crippen LogP contribution in [-0.4, -0.2) is 20.5 Å². The van der Waals surface area contributed by atoms with Crippen molar-refractivity contribution in [1.82, 2.24) is 9.38 Å². The Balaban J connectivity index is 2.32. The van der Waals surface area contributed by atoms with Crippen molar-refractivity contribution in [2.45, 2.75) is 19.8 Å². The minimum atomic E-state index is -0.783. The first-order valence-electron chi connectivity index (χ1n) is 4.30. The molecule has 4 nitrogen and oxygen atoms in total. The summed E-state index contributed by atoms with van der Waals surface area (Å²) in [4.78, 5) is 15.7. The van der Waals surface area contributed by atoms with E-state index in [1.54, 1.807) is 17.5 Å². The lowest BCUT2D eigenvalue weighted by atomic mass is 10.3. The molecule has 0 saturated carbocycles. The van der Waals surface area contributed by atoms with Gasteiger partial charge in [-0.05, 0) is 6.92 Å². The average molecular weight is 210 g/mol. The Morgan fingerprint density at radius 3 is 3.21 bits per heavy atom. The van der Waals surface area contributed by atoms with Crippen molar-refractivity contribution >= 4 is 22.1 Å². The number of hydrogen-bond acceptors (Lipinski definition) is 3. The van der Waals surface area contributed by atoms with Gasteiger partial charge in [0.05, 0.1) is 12.6 Å². The van der Waals surface area contributed by atoms with Gasteiger partial charge in [0.15, 0.2) is 0 Å². The number of carboxylic acids is 1. The second kappa shape index (κ2) is 3.42. The molecular weight excluding hydrogens is 200 g/mol. The Morgan fingerprint density at radius 1 is 1.71 bits per heavy atom. The van der Waals surface area contributed by atoms with Crippen LogP contribution in [0.3, 0.4) is 0 Å². The van der Waals surface area contributed by atoms with Crippen molar-refractivity contribution in [2.24, 2.45) is 0 Å². The van der Waals surface area contributed by atoms with Gasteiger partial charge >= 0.3 is 5.97 Å². The maximum Gasteiger partial charge on any atom is 0.303 e. The zero-order valence-corrected chi connectivity index (χ0v) is 8.54. The molecule has 0 aromatic carbocycles. The summed E-state index contributed by atoms with van der Waals surface area (Å²) in [5.74, 6) is 0.0517. The SMILES string of the molecule is Cc1csc2cnc(CCC(=O)O)n12. The molecule has 2 aromatic rings. The Kier molecular flexibility index (Phi) is 2.25. The van der Waals surface area contributed by atoms with Gasteiger partial charge in [-0.3, -0.25) is 9.20 Å². The van der Waals surface area contributed by atoms with Crippen molar-refractivity contribution in [2.75, 3.05) is 0 Å². The number of fused-ring (bicyclic) bond motifs is 1. The average Bonchev–Trinajstić information content (AvgIpc) is 2.66. The standard InChI is InChI=1S/C9H10N2O2S/c1-6-5-14-8-4-10-7(11(6)8)2-3-9(12)13/h4-5H,2-3H2,1H3,(H,12,13). The minimum absolute atomic E-state index is 0.133. The predicted molar refractivity (Wildman–Crippen MR) is 53.8 cm³/mol. The van der Waals surface area contributed by atoms with Crippen molar-refractivity contribution in [3.63, 3.8) is 0 Å². The smallest absolute Gasteiger partial charge is 0.303 e. The first-order valence-corrected chi connectivity index (χ1v) is 5.18. The molecule has 2 rings (SSSR count). The molecule has 0 amide bonds. The third-order valence-corrected chi connectivity index (χ3v) is 3.06. The number of nitrogens with zero attached hydrogens (tertiary/aromatic N) is 2. The summed E-state index contributed by atoms with van der Waals surface area (Å²) in [5.41, 5.74) is 1.11. The molecule has 0 fully saturated rings. The van der Waals surface area contributed by atoms with Gasteiger partial charge in [0.2, 0.25) is 0 Å². The van der Waals surface area contributed by atoms with E-state index in [1.165, 1.54) is 0 Å². The quantitative estimate of drug-likeness (QED) is 0.839. The van der Waals surface area contributed by atoms with Crippen LogP contribution in [0.1, 0.15) is 17.9 Å². The van der Waals surface area contributed by atoms with Gasteiger partial charge in [-0.25, -0.2) is 4.98 Å². The molecule has 74 valence electrons. The normalized spacial score (nSPS) is 10.9. The second-order valence-electron chi connectivity index (χ2n) is 3.12. The highest BCUT2D eigenvalue weighted by molar-refractivity contribution is 7.15. The van der Waals surface area contributed by atoms with Crippen LogP contribution in [0.5, 0.6) is 0 Å². The van der Waals surface area contributed by atoms with E-state index in [1.807, 2.05) is 16.7 Å². The Morgan fingerprint density at radius 2 is 2.50 bits per heavy atom. The summed E-state index contributed by atoms with van der Waals surface area (Å²) >= 11 is 1.62. The van der Waals surface area contributed by atoms with Crippen molar-refractivity contribution in [1.29, 1.82) is 0 Å². The Labute approximate surface area is 84.8 Å². The maximum absolute atomic E-state index is 10.4. The van der Waals surface area contributed by atoms with Crippen molar-refractivity contribution < 1.29 is 9.90 Å². The molecule has 2 heterocycles. The van der Waals surface area contributed by atoms with Gasteiger partial charge in [-0.1, -0.05) is 0 Å². The minimum Gasteiger partial charge on any atom is -0.481 e. The zero-order valence-electron chi connectivity index (χ0n) is 7.73. The number of rotatable bonds is 3. The topological polar surface area (TPSA) is 54.6 Å². The molecule has 14 heavy (non-hydrogen) atoms. The molecule has 0 aliphatic rings. The van der Waals surface area contributed by atoms with Gasteiger partial charge in [-0.2, -0.15) is 0 Å². The fraction of sp³-hybridized carbons (Fsp3) is 0.333. The first-order chi connectivity index (χ1) is 6.68. The molecule has 1 N–H and O–H groups in total. The Hall–Kier alpha value is -1.36. The molecule has 0 unspecified atom stereocenters. The summed E-state index contributed by atoms with van der Waals surface area (Å²) in [6.45, 7) is 2.00. The van der Waals surface area contributed by atoms with Crippen LogP contribution >= 0.6 is 11.3 Å². The molecule has 0 aliphatic heterocycles. The number of carbonyl (C=O) groups is 1. The van der Waals surface area contributed by atoms with Crippen LogP contribution in [0.25, 0.3) is 4.83 Å². The van der Waals surface area contributed by atoms with Crippen molar-refractivity contribution in [3.8, 4) is 0 Å². The summed E-state index contributed by atoms with van der Waals surface area (Å²) in [6, 6.07) is 0. The number of carboxylic acid groups (broad SMARTS) is 1. The summed E-state index contributed by atoms with van der Waals surface area (Å²) < 4.78 is 2.01. The van der Waals surface area contributed by atoms with E-state index in [-0.39, 0.29) is 6.42 Å². The highest BCUT2D eigenvalue weighted by atomic mass is 32.1. The monoisotopic (exact) mass is 210 g/mol. The fourth-order valence-electron chi connectivity index (χ4n) is 1.43. The lowest BCUT2D eigenvalue weighted by Crippen LogP contribution is -2.01. The number of hydrogen-bond donors (Lipinski definition) is 1. The highest BCUT2D eigenvalue weighted by Crippen LogP contribution is 2.18. The number of aliphatic carboxylic acids is 1. The van der Waals surface area contributed by atoms with Crippen LogP contribution in [0, 0.1) is 6.92 Å². The van der Waals surface area contributed by atoms with Crippen molar-refractivity contribution in [3.05, 3.63) is 23.1 Å². The van der Waals surface area contributed by atoms with Gasteiger partial charge in [0.25, 0.3) is 0 Å². The molecular formula is C9H10N2O2S. The largest absolute Gasteiger partial charge is 0.481 e. The highest BCUT2D eigenvalue weighted by Gasteiger charge is 2.08. The maximum atomic E-state index is 10.4. The molecule has 0 bridgehead atoms. The van der Waals surface area contributed by atoms with Gasteiger partial charge < -0.3 is 5.11 Å². The first kappa shape index (κ1) is 9.21. The van der Waals surface area contributed by atoms with Crippen LogP contribution in [0.4, 0.5) is 0 Å². The summed E-state index contributed by atoms with van der Waals surface area (Å²) in [6.07, 6.45) is 2.41. The number of thiazole rings is 1. The van der Waals surface area contributed by atoms with Crippen LogP contribution in [0.2, 0.25) is 0 Å². The van der Waals surface area contributed by atoms with Gasteiger partial charge in [-0.15, -0.1) is 11.3 Å². The lowest BCUT2D eigenvalue weighted by Gasteiger charge is -1.97. The number of aromatic nitrogens is 2. The molecule has 0 atom stereocenters. The van der Waals surface area contributed by atoms with Crippen LogP contribution in [-0.2, 0) is 11.2 Å². The van der Waals surface area contributed by atoms with Crippen LogP contribution in [0.15, 0.2) is 11.6 Å². The summed E-state index contributed by atoms with van der Waals surface area (Å²) in [7, 11) is 0. The molecule has 0 aliphatic carbocycles. The molecule has 0 radical (unpaired) electrons. The van der Waals surface area contributed by atoms with E-state index in [4.69, 9.17) is 5.11 Å². The molecule has 0 spiro atoms. The number of imidazole rings is 1. The van der Waals surface area contributed by atoms with E-state index < -0.39 is 5.97 Å². The predicted octanol–water partition coefficient (Wildman–Crippen LogP) is 1.72. The second-order valence-corrected chi connectivity index (χ2v) is 4.01. The van der Waals surface area contributed by atoms with E-state index >= 15 is 0 Å². The third kappa shape index (κ3) is 1.50. The van der Waals surface area contributed by atoms with E-state index in [2.05, 4.69) is 4.98 Å². The third-order valence-electron chi connectivity index (χ3n) is 2.07. The van der Waals surface area contributed by atoms with Gasteiger partial charge in [0.1, 0.15) is 10.7 Å². The fourth-order valence-corrected chi connectivity index (χ4v) is 2.29. The van der Waals surface area contributed by atoms with E-state index in [0.717, 1.165) is 16.3 Å². The Bertz CT molecular complexity index is 472. The zero-order chi connectivity index (χ0) is 10.1. The number of aryl methyl sites for hydroxylation is 2. The van der Waals surface area contributed by atoms with E-state index in [9.17, 15) is 4.79 Å².